The van der Waals surface area contributed by atoms with Gasteiger partial charge in [-0.1, -0.05) is 131 Å². The molecule has 3 N–H and O–H groups in total. The van der Waals surface area contributed by atoms with E-state index in [4.69, 9.17) is 0 Å². The van der Waals surface area contributed by atoms with E-state index in [0.717, 1.165) is 70.6 Å². The highest BCUT2D eigenvalue weighted by Gasteiger charge is 2.24. The van der Waals surface area contributed by atoms with Crippen LogP contribution in [0.25, 0.3) is 0 Å². The Morgan fingerprint density at radius 2 is 1.09 bits per heavy atom. The Bertz CT molecular complexity index is 1000. The zero-order chi connectivity index (χ0) is 32.6. The van der Waals surface area contributed by atoms with E-state index in [9.17, 15) is 22.9 Å². The molecule has 0 aromatic heterocycles. The number of nitrogens with one attached hydrogen (secondary N) is 1. The number of hydrogen-bond acceptors (Lipinski definition) is 4. The number of aliphatic hydroxyl groups excluding tert-OH is 1. The molecule has 0 heterocycles. The van der Waals surface area contributed by atoms with Crippen molar-refractivity contribution in [3.05, 3.63) is 85.1 Å². The van der Waals surface area contributed by atoms with Crippen molar-refractivity contribution in [3.63, 3.8) is 0 Å². The van der Waals surface area contributed by atoms with Crippen molar-refractivity contribution in [2.75, 3.05) is 5.75 Å². The molecule has 0 saturated carbocycles. The van der Waals surface area contributed by atoms with E-state index in [0.29, 0.717) is 6.42 Å². The van der Waals surface area contributed by atoms with E-state index in [1.165, 1.54) is 31.8 Å². The highest BCUT2D eigenvalue weighted by Crippen LogP contribution is 2.09. The van der Waals surface area contributed by atoms with E-state index in [1.807, 2.05) is 6.08 Å². The molecule has 0 aliphatic rings. The van der Waals surface area contributed by atoms with Gasteiger partial charge < -0.3 is 10.4 Å². The van der Waals surface area contributed by atoms with Crippen LogP contribution in [0, 0.1) is 0 Å². The summed E-state index contributed by atoms with van der Waals surface area (Å²) in [5, 5.41) is 13.0. The van der Waals surface area contributed by atoms with Crippen LogP contribution in [0.3, 0.4) is 0 Å². The topological polar surface area (TPSA) is 104 Å². The van der Waals surface area contributed by atoms with E-state index >= 15 is 0 Å². The summed E-state index contributed by atoms with van der Waals surface area (Å²) in [6.45, 7) is 4.32. The molecule has 0 aliphatic carbocycles. The Morgan fingerprint density at radius 3 is 1.61 bits per heavy atom. The molecule has 250 valence electrons. The average Bonchev–Trinajstić information content (AvgIpc) is 2.98. The van der Waals surface area contributed by atoms with Crippen LogP contribution in [0.5, 0.6) is 0 Å². The van der Waals surface area contributed by atoms with E-state index < -0.39 is 28.0 Å². The Labute approximate surface area is 269 Å². The summed E-state index contributed by atoms with van der Waals surface area (Å²) >= 11 is 0. The van der Waals surface area contributed by atoms with Crippen molar-refractivity contribution in [2.45, 2.75) is 135 Å². The highest BCUT2D eigenvalue weighted by molar-refractivity contribution is 7.85. The minimum Gasteiger partial charge on any atom is -0.387 e. The first-order chi connectivity index (χ1) is 21.3. The maximum Gasteiger partial charge on any atom is 0.267 e. The van der Waals surface area contributed by atoms with Gasteiger partial charge in [0.2, 0.25) is 5.91 Å². The van der Waals surface area contributed by atoms with Crippen molar-refractivity contribution >= 4 is 16.0 Å². The third-order valence-electron chi connectivity index (χ3n) is 6.83. The number of aliphatic hydroxyl groups is 1. The number of unbranched alkanes of at least 4 members (excludes halogenated alkanes) is 8. The Hall–Kier alpha value is -2.48. The second kappa shape index (κ2) is 30.5. The molecular weight excluding hydrogens is 570 g/mol. The van der Waals surface area contributed by atoms with Crippen molar-refractivity contribution < 1.29 is 22.9 Å². The average molecular weight is 632 g/mol. The molecule has 44 heavy (non-hydrogen) atoms. The van der Waals surface area contributed by atoms with Gasteiger partial charge in [0.15, 0.2) is 0 Å². The SMILES string of the molecule is CC/C=C\C/C=C\C/C=C\C/C=C\C/C=C\C/C=C\CCCCC(=O)NC(CS(=O)(=O)O)C(O)/C=C/CCCCCCCC. The van der Waals surface area contributed by atoms with E-state index in [2.05, 4.69) is 92.1 Å². The van der Waals surface area contributed by atoms with Crippen molar-refractivity contribution in [1.29, 1.82) is 0 Å². The lowest BCUT2D eigenvalue weighted by molar-refractivity contribution is -0.122. The molecule has 0 radical (unpaired) electrons. The van der Waals surface area contributed by atoms with Crippen LogP contribution in [0.1, 0.15) is 123 Å². The molecule has 0 bridgehead atoms. The van der Waals surface area contributed by atoms with Gasteiger partial charge in [-0.3, -0.25) is 9.35 Å². The molecule has 2 unspecified atom stereocenters. The molecule has 0 spiro atoms. The third kappa shape index (κ3) is 31.0. The summed E-state index contributed by atoms with van der Waals surface area (Å²) in [6.07, 6.45) is 44.4. The number of hydrogen-bond donors (Lipinski definition) is 3. The molecule has 7 heteroatoms. The van der Waals surface area contributed by atoms with Crippen LogP contribution in [0.2, 0.25) is 0 Å². The fourth-order valence-electron chi connectivity index (χ4n) is 4.33. The molecule has 6 nitrogen and oxygen atoms in total. The maximum absolute atomic E-state index is 12.4. The fraction of sp³-hybridized carbons (Fsp3) is 0.595. The van der Waals surface area contributed by atoms with Crippen LogP contribution in [-0.2, 0) is 14.9 Å². The molecule has 0 aromatic carbocycles. The van der Waals surface area contributed by atoms with Crippen LogP contribution in [0.4, 0.5) is 0 Å². The van der Waals surface area contributed by atoms with Crippen LogP contribution >= 0.6 is 0 Å². The lowest BCUT2D eigenvalue weighted by Crippen LogP contribution is -2.46. The maximum atomic E-state index is 12.4. The normalized spacial score (nSPS) is 14.5. The monoisotopic (exact) mass is 631 g/mol. The first-order valence-electron chi connectivity index (χ1n) is 16.8. The van der Waals surface area contributed by atoms with Gasteiger partial charge >= 0.3 is 0 Å². The minimum absolute atomic E-state index is 0.235. The molecule has 2 atom stereocenters. The lowest BCUT2D eigenvalue weighted by atomic mass is 10.1. The summed E-state index contributed by atoms with van der Waals surface area (Å²) in [4.78, 5) is 12.4. The van der Waals surface area contributed by atoms with Gasteiger partial charge in [-0.05, 0) is 70.6 Å². The molecule has 0 saturated heterocycles. The van der Waals surface area contributed by atoms with Gasteiger partial charge in [0.05, 0.1) is 17.9 Å². The number of allylic oxidation sites excluding steroid dienone is 13. The Kier molecular flexibility index (Phi) is 28.8. The number of rotatable bonds is 28. The lowest BCUT2D eigenvalue weighted by Gasteiger charge is -2.21. The van der Waals surface area contributed by atoms with Gasteiger partial charge in [0.25, 0.3) is 10.1 Å². The van der Waals surface area contributed by atoms with Gasteiger partial charge in [0.1, 0.15) is 0 Å². The van der Waals surface area contributed by atoms with Crippen molar-refractivity contribution in [3.8, 4) is 0 Å². The second-order valence-electron chi connectivity index (χ2n) is 11.1. The number of amides is 1. The van der Waals surface area contributed by atoms with E-state index in [1.54, 1.807) is 0 Å². The third-order valence-corrected chi connectivity index (χ3v) is 7.61. The van der Waals surface area contributed by atoms with Gasteiger partial charge in [0, 0.05) is 6.42 Å². The Morgan fingerprint density at radius 1 is 0.636 bits per heavy atom. The molecule has 0 rings (SSSR count). The summed E-state index contributed by atoms with van der Waals surface area (Å²) in [5.74, 6) is -1.05. The zero-order valence-corrected chi connectivity index (χ0v) is 28.3. The number of carbonyl (C=O) groups is 1. The van der Waals surface area contributed by atoms with Gasteiger partial charge in [-0.25, -0.2) is 0 Å². The van der Waals surface area contributed by atoms with Crippen LogP contribution in [-0.4, -0.2) is 41.9 Å². The molecule has 0 aliphatic heterocycles. The fourth-order valence-corrected chi connectivity index (χ4v) is 5.07. The summed E-state index contributed by atoms with van der Waals surface area (Å²) in [6, 6.07) is -1.08. The highest BCUT2D eigenvalue weighted by atomic mass is 32.2. The van der Waals surface area contributed by atoms with Crippen LogP contribution < -0.4 is 5.32 Å². The summed E-state index contributed by atoms with van der Waals surface area (Å²) in [7, 11) is -4.35. The molecule has 1 amide bonds. The first kappa shape index (κ1) is 41.5. The first-order valence-corrected chi connectivity index (χ1v) is 18.4. The van der Waals surface area contributed by atoms with E-state index in [-0.39, 0.29) is 12.3 Å². The zero-order valence-electron chi connectivity index (χ0n) is 27.5. The standard InChI is InChI=1S/C37H61NO5S/c1-3-5-7-9-11-13-14-15-16-17-18-19-20-21-22-23-24-25-27-29-31-33-37(40)38-35(34-44(41,42)43)36(39)32-30-28-26-12-10-8-6-4-2/h5,7,11,13,15-16,18-19,21-22,24-25,30,32,35-36,39H,3-4,6,8-10,12,14,17,20,23,26-29,31,33-34H2,1-2H3,(H,38,40)(H,41,42,43)/b7-5-,13-11-,16-15-,19-18-,22-21-,25-24-,32-30+. The smallest absolute Gasteiger partial charge is 0.267 e. The van der Waals surface area contributed by atoms with Gasteiger partial charge in [-0.2, -0.15) is 8.42 Å². The van der Waals surface area contributed by atoms with Crippen molar-refractivity contribution in [2.24, 2.45) is 0 Å². The van der Waals surface area contributed by atoms with Crippen LogP contribution in [0.15, 0.2) is 85.1 Å². The molecule has 0 aromatic rings. The number of carbonyl (C=O) groups excluding carboxylic acids is 1. The predicted molar refractivity (Wildman–Crippen MR) is 188 cm³/mol. The second-order valence-corrected chi connectivity index (χ2v) is 12.6. The van der Waals surface area contributed by atoms with Crippen molar-refractivity contribution in [1.82, 2.24) is 5.32 Å². The quantitative estimate of drug-likeness (QED) is 0.0454. The molecule has 0 fully saturated rings. The summed E-state index contributed by atoms with van der Waals surface area (Å²) < 4.78 is 32.1. The minimum atomic E-state index is -4.35. The largest absolute Gasteiger partial charge is 0.387 e. The predicted octanol–water partition coefficient (Wildman–Crippen LogP) is 9.28. The summed E-state index contributed by atoms with van der Waals surface area (Å²) in [5.41, 5.74) is 0. The van der Waals surface area contributed by atoms with Gasteiger partial charge in [-0.15, -0.1) is 0 Å². The Balaban J connectivity index is 4.10. The molecular formula is C37H61NO5S.